The lowest BCUT2D eigenvalue weighted by Gasteiger charge is -2.02. The van der Waals surface area contributed by atoms with Crippen LogP contribution in [0.4, 0.5) is 5.69 Å². The molecule has 100 valence electrons. The van der Waals surface area contributed by atoms with E-state index < -0.39 is 11.7 Å². The molecule has 1 amide bonds. The van der Waals surface area contributed by atoms with Crippen molar-refractivity contribution in [1.29, 1.82) is 0 Å². The monoisotopic (exact) mass is 267 g/mol. The standard InChI is InChI=1S/C16H13NO3/c18-14(12-7-3-1-4-8-12)11-15(19)16(20)17-13-9-5-2-6-10-13/h1-11,18H,(H,17,20)/b14-11-. The van der Waals surface area contributed by atoms with E-state index in [1.54, 1.807) is 60.7 Å². The Morgan fingerprint density at radius 3 is 2.05 bits per heavy atom. The van der Waals surface area contributed by atoms with Crippen molar-refractivity contribution in [3.05, 3.63) is 72.3 Å². The highest BCUT2D eigenvalue weighted by molar-refractivity contribution is 6.45. The molecule has 0 aliphatic heterocycles. The number of hydrogen-bond donors (Lipinski definition) is 2. The summed E-state index contributed by atoms with van der Waals surface area (Å²) < 4.78 is 0. The second-order valence-electron chi connectivity index (χ2n) is 4.08. The highest BCUT2D eigenvalue weighted by Gasteiger charge is 2.12. The zero-order chi connectivity index (χ0) is 14.4. The van der Waals surface area contributed by atoms with Gasteiger partial charge in [-0.1, -0.05) is 48.5 Å². The summed E-state index contributed by atoms with van der Waals surface area (Å²) in [4.78, 5) is 23.3. The number of benzene rings is 2. The molecule has 2 rings (SSSR count). The van der Waals surface area contributed by atoms with Gasteiger partial charge in [0.05, 0.1) is 0 Å². The fourth-order valence-corrected chi connectivity index (χ4v) is 1.60. The fourth-order valence-electron chi connectivity index (χ4n) is 1.60. The minimum absolute atomic E-state index is 0.237. The van der Waals surface area contributed by atoms with Gasteiger partial charge in [-0.15, -0.1) is 0 Å². The number of ketones is 1. The van der Waals surface area contributed by atoms with Crippen molar-refractivity contribution in [2.45, 2.75) is 0 Å². The average molecular weight is 267 g/mol. The van der Waals surface area contributed by atoms with Crippen LogP contribution < -0.4 is 5.32 Å². The van der Waals surface area contributed by atoms with E-state index >= 15 is 0 Å². The van der Waals surface area contributed by atoms with Crippen LogP contribution in [-0.2, 0) is 9.59 Å². The van der Waals surface area contributed by atoms with Gasteiger partial charge in [-0.2, -0.15) is 0 Å². The molecule has 2 aromatic rings. The van der Waals surface area contributed by atoms with E-state index in [1.165, 1.54) is 0 Å². The van der Waals surface area contributed by atoms with Crippen molar-refractivity contribution >= 4 is 23.1 Å². The lowest BCUT2D eigenvalue weighted by molar-refractivity contribution is -0.131. The van der Waals surface area contributed by atoms with Crippen molar-refractivity contribution in [3.8, 4) is 0 Å². The third-order valence-corrected chi connectivity index (χ3v) is 2.59. The molecular formula is C16H13NO3. The topological polar surface area (TPSA) is 66.4 Å². The minimum atomic E-state index is -0.810. The van der Waals surface area contributed by atoms with Gasteiger partial charge in [-0.05, 0) is 12.1 Å². The smallest absolute Gasteiger partial charge is 0.296 e. The number of carbonyl (C=O) groups is 2. The van der Waals surface area contributed by atoms with Crippen LogP contribution in [0.25, 0.3) is 5.76 Å². The molecule has 2 N–H and O–H groups in total. The number of rotatable bonds is 4. The largest absolute Gasteiger partial charge is 0.507 e. The average Bonchev–Trinajstić information content (AvgIpc) is 2.49. The number of amides is 1. The number of para-hydroxylation sites is 1. The molecule has 0 atom stereocenters. The van der Waals surface area contributed by atoms with Crippen LogP contribution >= 0.6 is 0 Å². The minimum Gasteiger partial charge on any atom is -0.507 e. The molecule has 2 aromatic carbocycles. The highest BCUT2D eigenvalue weighted by atomic mass is 16.3. The molecule has 0 bridgehead atoms. The Morgan fingerprint density at radius 2 is 1.45 bits per heavy atom. The van der Waals surface area contributed by atoms with Crippen molar-refractivity contribution in [2.75, 3.05) is 5.32 Å². The van der Waals surface area contributed by atoms with Gasteiger partial charge in [0.1, 0.15) is 5.76 Å². The molecule has 0 saturated carbocycles. The first-order chi connectivity index (χ1) is 9.66. The van der Waals surface area contributed by atoms with Gasteiger partial charge >= 0.3 is 0 Å². The van der Waals surface area contributed by atoms with Crippen LogP contribution in [-0.4, -0.2) is 16.8 Å². The zero-order valence-electron chi connectivity index (χ0n) is 10.6. The third kappa shape index (κ3) is 3.55. The van der Waals surface area contributed by atoms with Gasteiger partial charge < -0.3 is 10.4 Å². The van der Waals surface area contributed by atoms with Gasteiger partial charge in [-0.3, -0.25) is 9.59 Å². The molecule has 0 fully saturated rings. The van der Waals surface area contributed by atoms with Crippen LogP contribution in [0.15, 0.2) is 66.7 Å². The summed E-state index contributed by atoms with van der Waals surface area (Å²) in [6.07, 6.45) is 0.910. The Bertz CT molecular complexity index is 633. The molecule has 0 unspecified atom stereocenters. The number of carbonyl (C=O) groups excluding carboxylic acids is 2. The Hall–Kier alpha value is -2.88. The molecule has 0 aromatic heterocycles. The number of aliphatic hydroxyl groups excluding tert-OH is 1. The summed E-state index contributed by atoms with van der Waals surface area (Å²) in [6, 6.07) is 17.2. The molecule has 0 saturated heterocycles. The van der Waals surface area contributed by atoms with E-state index in [0.29, 0.717) is 11.3 Å². The SMILES string of the molecule is O=C(/C=C(\O)c1ccccc1)C(=O)Nc1ccccc1. The molecule has 20 heavy (non-hydrogen) atoms. The first kappa shape index (κ1) is 13.5. The van der Waals surface area contributed by atoms with Crippen LogP contribution in [0.5, 0.6) is 0 Å². The summed E-state index contributed by atoms with van der Waals surface area (Å²) in [5.74, 6) is -1.84. The van der Waals surface area contributed by atoms with Crippen LogP contribution in [0.3, 0.4) is 0 Å². The van der Waals surface area contributed by atoms with E-state index in [4.69, 9.17) is 0 Å². The molecule has 4 heteroatoms. The maximum absolute atomic E-state index is 11.7. The van der Waals surface area contributed by atoms with E-state index in [2.05, 4.69) is 5.32 Å². The van der Waals surface area contributed by atoms with Crippen LogP contribution in [0, 0.1) is 0 Å². The second kappa shape index (κ2) is 6.33. The molecule has 0 radical (unpaired) electrons. The van der Waals surface area contributed by atoms with Crippen LogP contribution in [0.1, 0.15) is 5.56 Å². The van der Waals surface area contributed by atoms with E-state index in [-0.39, 0.29) is 5.76 Å². The molecule has 0 aliphatic carbocycles. The first-order valence-electron chi connectivity index (χ1n) is 6.03. The summed E-state index contributed by atoms with van der Waals surface area (Å²) in [6.45, 7) is 0. The van der Waals surface area contributed by atoms with E-state index in [1.807, 2.05) is 0 Å². The van der Waals surface area contributed by atoms with E-state index in [9.17, 15) is 14.7 Å². The van der Waals surface area contributed by atoms with Gasteiger partial charge in [0.25, 0.3) is 5.91 Å². The van der Waals surface area contributed by atoms with Gasteiger partial charge in [0.15, 0.2) is 0 Å². The molecule has 0 aliphatic rings. The quantitative estimate of drug-likeness (QED) is 0.508. The maximum Gasteiger partial charge on any atom is 0.296 e. The number of hydrogen-bond acceptors (Lipinski definition) is 3. The predicted molar refractivity (Wildman–Crippen MR) is 77.1 cm³/mol. The van der Waals surface area contributed by atoms with Gasteiger partial charge in [-0.25, -0.2) is 0 Å². The summed E-state index contributed by atoms with van der Waals surface area (Å²) >= 11 is 0. The first-order valence-corrected chi connectivity index (χ1v) is 6.03. The van der Waals surface area contributed by atoms with Gasteiger partial charge in [0, 0.05) is 17.3 Å². The lowest BCUT2D eigenvalue weighted by Crippen LogP contribution is -2.21. The molecule has 0 spiro atoms. The van der Waals surface area contributed by atoms with Crippen molar-refractivity contribution in [3.63, 3.8) is 0 Å². The maximum atomic E-state index is 11.7. The number of anilines is 1. The van der Waals surface area contributed by atoms with Crippen molar-refractivity contribution in [2.24, 2.45) is 0 Å². The Balaban J connectivity index is 2.06. The van der Waals surface area contributed by atoms with E-state index in [0.717, 1.165) is 6.08 Å². The summed E-state index contributed by atoms with van der Waals surface area (Å²) in [5, 5.41) is 12.2. The zero-order valence-corrected chi connectivity index (χ0v) is 10.6. The van der Waals surface area contributed by atoms with Crippen LogP contribution in [0.2, 0.25) is 0 Å². The Labute approximate surface area is 116 Å². The predicted octanol–water partition coefficient (Wildman–Crippen LogP) is 2.79. The molecular weight excluding hydrogens is 254 g/mol. The number of aliphatic hydroxyl groups is 1. The molecule has 4 nitrogen and oxygen atoms in total. The third-order valence-electron chi connectivity index (χ3n) is 2.59. The summed E-state index contributed by atoms with van der Waals surface area (Å²) in [7, 11) is 0. The highest BCUT2D eigenvalue weighted by Crippen LogP contribution is 2.11. The Morgan fingerprint density at radius 1 is 0.900 bits per heavy atom. The normalized spacial score (nSPS) is 10.9. The summed E-state index contributed by atoms with van der Waals surface area (Å²) in [5.41, 5.74) is 1.01. The van der Waals surface area contributed by atoms with Crippen molar-refractivity contribution in [1.82, 2.24) is 0 Å². The Kier molecular flexibility index (Phi) is 4.29. The fraction of sp³-hybridized carbons (Fsp3) is 0. The number of nitrogens with one attached hydrogen (secondary N) is 1. The molecule has 0 heterocycles. The lowest BCUT2D eigenvalue weighted by atomic mass is 10.1. The van der Waals surface area contributed by atoms with Gasteiger partial charge in [0.2, 0.25) is 5.78 Å². The van der Waals surface area contributed by atoms with Crippen molar-refractivity contribution < 1.29 is 14.7 Å². The second-order valence-corrected chi connectivity index (χ2v) is 4.08.